The van der Waals surface area contributed by atoms with Crippen LogP contribution in [0, 0.1) is 0 Å². The first kappa shape index (κ1) is 23.5. The Kier molecular flexibility index (Phi) is 12.9. The fraction of sp³-hybridized carbons (Fsp3) is 0.556. The minimum Gasteiger partial charge on any atom is -0.496 e. The molecule has 0 aliphatic rings. The Balaban J connectivity index is 0.00000576. The first-order valence-corrected chi connectivity index (χ1v) is 8.58. The van der Waals surface area contributed by atoms with Crippen LogP contribution in [0.15, 0.2) is 29.3 Å². The fourth-order valence-corrected chi connectivity index (χ4v) is 2.36. The van der Waals surface area contributed by atoms with E-state index in [4.69, 9.17) is 4.74 Å². The average molecular weight is 462 g/mol. The van der Waals surface area contributed by atoms with Crippen molar-refractivity contribution >= 4 is 35.8 Å². The summed E-state index contributed by atoms with van der Waals surface area (Å²) in [7, 11) is 1.66. The van der Waals surface area contributed by atoms with Crippen molar-refractivity contribution in [3.8, 4) is 5.75 Å². The van der Waals surface area contributed by atoms with Gasteiger partial charge in [-0.3, -0.25) is 4.79 Å². The summed E-state index contributed by atoms with van der Waals surface area (Å²) >= 11 is 0. The Hall–Kier alpha value is -1.51. The maximum atomic E-state index is 12.0. The summed E-state index contributed by atoms with van der Waals surface area (Å²) < 4.78 is 5.34. The predicted molar refractivity (Wildman–Crippen MR) is 114 cm³/mol. The molecule has 1 amide bonds. The number of ether oxygens (including phenoxy) is 1. The van der Waals surface area contributed by atoms with Crippen molar-refractivity contribution in [3.05, 3.63) is 29.8 Å². The summed E-state index contributed by atoms with van der Waals surface area (Å²) in [6.07, 6.45) is 0.459. The second-order valence-corrected chi connectivity index (χ2v) is 5.25. The van der Waals surface area contributed by atoms with E-state index >= 15 is 0 Å². The number of hydrogen-bond acceptors (Lipinski definition) is 3. The van der Waals surface area contributed by atoms with Gasteiger partial charge in [0.2, 0.25) is 5.91 Å². The maximum Gasteiger partial charge on any atom is 0.224 e. The molecule has 0 fully saturated rings. The molecule has 0 spiro atoms. The standard InChI is InChI=1S/C18H30N4O2.HI/c1-5-19-18(20-13-12-17(23)22(6-2)7-3)21-14-15-10-8-9-11-16(15)24-4;/h8-11H,5-7,12-14H2,1-4H3,(H2,19,20,21);1H. The highest BCUT2D eigenvalue weighted by Crippen LogP contribution is 2.17. The molecule has 0 aliphatic carbocycles. The van der Waals surface area contributed by atoms with Crippen molar-refractivity contribution in [1.82, 2.24) is 15.5 Å². The number of nitrogens with one attached hydrogen (secondary N) is 2. The number of guanidine groups is 1. The van der Waals surface area contributed by atoms with Crippen LogP contribution in [0.1, 0.15) is 32.8 Å². The molecular weight excluding hydrogens is 431 g/mol. The van der Waals surface area contributed by atoms with E-state index in [2.05, 4.69) is 15.6 Å². The lowest BCUT2D eigenvalue weighted by atomic mass is 10.2. The van der Waals surface area contributed by atoms with E-state index in [1.54, 1.807) is 7.11 Å². The number of methoxy groups -OCH3 is 1. The van der Waals surface area contributed by atoms with Gasteiger partial charge < -0.3 is 20.3 Å². The normalized spacial score (nSPS) is 10.6. The first-order valence-electron chi connectivity index (χ1n) is 8.58. The molecule has 0 aromatic heterocycles. The quantitative estimate of drug-likeness (QED) is 0.337. The van der Waals surface area contributed by atoms with E-state index < -0.39 is 0 Å². The number of carbonyl (C=O) groups excluding carboxylic acids is 1. The van der Waals surface area contributed by atoms with Gasteiger partial charge in [0.1, 0.15) is 5.75 Å². The second kappa shape index (κ2) is 13.7. The third-order valence-corrected chi connectivity index (χ3v) is 3.69. The molecule has 0 heterocycles. The lowest BCUT2D eigenvalue weighted by Gasteiger charge is -2.19. The lowest BCUT2D eigenvalue weighted by Crippen LogP contribution is -2.40. The van der Waals surface area contributed by atoms with Crippen LogP contribution in [0.3, 0.4) is 0 Å². The molecule has 6 nitrogen and oxygen atoms in total. The number of halogens is 1. The maximum absolute atomic E-state index is 12.0. The van der Waals surface area contributed by atoms with Crippen LogP contribution < -0.4 is 15.4 Å². The third-order valence-electron chi connectivity index (χ3n) is 3.69. The molecular formula is C18H31IN4O2. The highest BCUT2D eigenvalue weighted by atomic mass is 127. The fourth-order valence-electron chi connectivity index (χ4n) is 2.36. The van der Waals surface area contributed by atoms with Crippen LogP contribution in [-0.2, 0) is 11.3 Å². The van der Waals surface area contributed by atoms with E-state index in [9.17, 15) is 4.79 Å². The number of aliphatic imine (C=N–C) groups is 1. The number of para-hydroxylation sites is 1. The molecule has 0 radical (unpaired) electrons. The monoisotopic (exact) mass is 462 g/mol. The summed E-state index contributed by atoms with van der Waals surface area (Å²) in [6, 6.07) is 7.83. The zero-order valence-electron chi connectivity index (χ0n) is 15.7. The van der Waals surface area contributed by atoms with Crippen LogP contribution >= 0.6 is 24.0 Å². The highest BCUT2D eigenvalue weighted by Gasteiger charge is 2.09. The molecule has 1 rings (SSSR count). The Morgan fingerprint density at radius 1 is 1.16 bits per heavy atom. The molecule has 0 aliphatic heterocycles. The molecule has 0 saturated heterocycles. The Labute approximate surface area is 168 Å². The minimum absolute atomic E-state index is 0. The van der Waals surface area contributed by atoms with Crippen LogP contribution in [0.5, 0.6) is 5.75 Å². The van der Waals surface area contributed by atoms with Crippen molar-refractivity contribution < 1.29 is 9.53 Å². The van der Waals surface area contributed by atoms with Gasteiger partial charge in [-0.2, -0.15) is 0 Å². The summed E-state index contributed by atoms with van der Waals surface area (Å²) in [6.45, 7) is 9.34. The zero-order valence-corrected chi connectivity index (χ0v) is 18.0. The third kappa shape index (κ3) is 8.42. The number of hydrogen-bond donors (Lipinski definition) is 2. The predicted octanol–water partition coefficient (Wildman–Crippen LogP) is 2.63. The van der Waals surface area contributed by atoms with Crippen molar-refractivity contribution in [2.75, 3.05) is 33.3 Å². The largest absolute Gasteiger partial charge is 0.496 e. The smallest absolute Gasteiger partial charge is 0.224 e. The van der Waals surface area contributed by atoms with Crippen LogP contribution in [0.4, 0.5) is 0 Å². The van der Waals surface area contributed by atoms with Gasteiger partial charge in [0.05, 0.1) is 13.7 Å². The molecule has 0 atom stereocenters. The number of nitrogens with zero attached hydrogens (tertiary/aromatic N) is 2. The molecule has 142 valence electrons. The van der Waals surface area contributed by atoms with E-state index in [1.807, 2.05) is 49.9 Å². The lowest BCUT2D eigenvalue weighted by molar-refractivity contribution is -0.130. The van der Waals surface area contributed by atoms with Crippen molar-refractivity contribution in [1.29, 1.82) is 0 Å². The summed E-state index contributed by atoms with van der Waals surface area (Å²) in [4.78, 5) is 18.4. The van der Waals surface area contributed by atoms with Gasteiger partial charge in [0.25, 0.3) is 0 Å². The van der Waals surface area contributed by atoms with Gasteiger partial charge in [-0.15, -0.1) is 24.0 Å². The van der Waals surface area contributed by atoms with E-state index in [-0.39, 0.29) is 29.9 Å². The van der Waals surface area contributed by atoms with E-state index in [0.29, 0.717) is 25.5 Å². The number of rotatable bonds is 9. The van der Waals surface area contributed by atoms with Gasteiger partial charge >= 0.3 is 0 Å². The van der Waals surface area contributed by atoms with Gasteiger partial charge in [0.15, 0.2) is 5.96 Å². The molecule has 0 saturated carbocycles. The Bertz CT molecular complexity index is 534. The number of carbonyl (C=O) groups is 1. The van der Waals surface area contributed by atoms with Crippen LogP contribution in [-0.4, -0.2) is 50.1 Å². The average Bonchev–Trinajstić information content (AvgIpc) is 2.61. The number of amides is 1. The highest BCUT2D eigenvalue weighted by molar-refractivity contribution is 14.0. The molecule has 1 aromatic rings. The van der Waals surface area contributed by atoms with Crippen LogP contribution in [0.2, 0.25) is 0 Å². The summed E-state index contributed by atoms with van der Waals surface area (Å²) in [5.74, 6) is 1.69. The van der Waals surface area contributed by atoms with E-state index in [1.165, 1.54) is 0 Å². The molecule has 0 unspecified atom stereocenters. The molecule has 2 N–H and O–H groups in total. The Morgan fingerprint density at radius 2 is 1.84 bits per heavy atom. The SMILES string of the molecule is CCNC(=NCc1ccccc1OC)NCCC(=O)N(CC)CC.I. The minimum atomic E-state index is 0. The molecule has 0 bridgehead atoms. The first-order chi connectivity index (χ1) is 11.7. The van der Waals surface area contributed by atoms with Gasteiger partial charge in [-0.05, 0) is 26.8 Å². The van der Waals surface area contributed by atoms with E-state index in [0.717, 1.165) is 30.9 Å². The summed E-state index contributed by atoms with van der Waals surface area (Å²) in [5.41, 5.74) is 1.02. The second-order valence-electron chi connectivity index (χ2n) is 5.25. The van der Waals surface area contributed by atoms with Crippen molar-refractivity contribution in [2.24, 2.45) is 4.99 Å². The summed E-state index contributed by atoms with van der Waals surface area (Å²) in [5, 5.41) is 6.41. The van der Waals surface area contributed by atoms with Crippen LogP contribution in [0.25, 0.3) is 0 Å². The van der Waals surface area contributed by atoms with Gasteiger partial charge in [-0.1, -0.05) is 18.2 Å². The van der Waals surface area contributed by atoms with Gasteiger partial charge in [0, 0.05) is 38.2 Å². The molecule has 25 heavy (non-hydrogen) atoms. The topological polar surface area (TPSA) is 66.0 Å². The Morgan fingerprint density at radius 3 is 2.44 bits per heavy atom. The zero-order chi connectivity index (χ0) is 17.8. The molecule has 1 aromatic carbocycles. The number of benzene rings is 1. The van der Waals surface area contributed by atoms with Gasteiger partial charge in [-0.25, -0.2) is 4.99 Å². The molecule has 7 heteroatoms. The van der Waals surface area contributed by atoms with Crippen molar-refractivity contribution in [3.63, 3.8) is 0 Å². The van der Waals surface area contributed by atoms with Crippen molar-refractivity contribution in [2.45, 2.75) is 33.7 Å².